The van der Waals surface area contributed by atoms with Gasteiger partial charge in [0.1, 0.15) is 0 Å². The molecule has 0 atom stereocenters. The van der Waals surface area contributed by atoms with Gasteiger partial charge in [-0.3, -0.25) is 14.3 Å². The smallest absolute Gasteiger partial charge is 0.261 e. The summed E-state index contributed by atoms with van der Waals surface area (Å²) in [6, 6.07) is 13.0. The van der Waals surface area contributed by atoms with Crippen LogP contribution in [0.5, 0.6) is 0 Å². The zero-order valence-corrected chi connectivity index (χ0v) is 16.5. The van der Waals surface area contributed by atoms with E-state index >= 15 is 0 Å². The lowest BCUT2D eigenvalue weighted by molar-refractivity contribution is -0.128. The van der Waals surface area contributed by atoms with Crippen LogP contribution in [-0.4, -0.2) is 38.2 Å². The number of likely N-dealkylation sites (tertiary alicyclic amines) is 1. The summed E-state index contributed by atoms with van der Waals surface area (Å²) in [5.41, 5.74) is 1.95. The van der Waals surface area contributed by atoms with E-state index in [1.54, 1.807) is 53.4 Å². The van der Waals surface area contributed by atoms with Crippen molar-refractivity contribution < 1.29 is 18.0 Å². The summed E-state index contributed by atoms with van der Waals surface area (Å²) >= 11 is 0. The van der Waals surface area contributed by atoms with Gasteiger partial charge in [0.25, 0.3) is 10.0 Å². The fraction of sp³-hybridized carbons (Fsp3) is 0.300. The fourth-order valence-corrected chi connectivity index (χ4v) is 4.01. The van der Waals surface area contributed by atoms with E-state index in [1.807, 2.05) is 6.92 Å². The maximum absolute atomic E-state index is 12.4. The largest absolute Gasteiger partial charge is 0.342 e. The van der Waals surface area contributed by atoms with E-state index in [4.69, 9.17) is 0 Å². The van der Waals surface area contributed by atoms with Gasteiger partial charge in [0.15, 0.2) is 0 Å². The van der Waals surface area contributed by atoms with Crippen molar-refractivity contribution >= 4 is 33.2 Å². The Bertz CT molecular complexity index is 954. The number of nitrogens with one attached hydrogen (secondary N) is 2. The Morgan fingerprint density at radius 1 is 1.04 bits per heavy atom. The van der Waals surface area contributed by atoms with E-state index in [0.29, 0.717) is 30.9 Å². The number of hydrogen-bond acceptors (Lipinski definition) is 4. The van der Waals surface area contributed by atoms with E-state index < -0.39 is 10.0 Å². The molecular weight excluding hydrogens is 378 g/mol. The Labute approximate surface area is 164 Å². The van der Waals surface area contributed by atoms with Crippen LogP contribution in [0.3, 0.4) is 0 Å². The molecule has 0 aliphatic carbocycles. The van der Waals surface area contributed by atoms with Gasteiger partial charge >= 0.3 is 0 Å². The molecule has 0 radical (unpaired) electrons. The standard InChI is InChI=1S/C20H23N3O4S/c1-15-4-10-18(11-5-15)28(26,27)22-17-8-6-16(7-9-17)21-19(24)12-14-23-13-2-3-20(23)25/h4-11,22H,2-3,12-14H2,1H3,(H,21,24). The molecule has 2 N–H and O–H groups in total. The fourth-order valence-electron chi connectivity index (χ4n) is 2.95. The minimum absolute atomic E-state index is 0.0954. The Kier molecular flexibility index (Phi) is 5.99. The summed E-state index contributed by atoms with van der Waals surface area (Å²) in [7, 11) is -3.66. The highest BCUT2D eigenvalue weighted by molar-refractivity contribution is 7.92. The third kappa shape index (κ3) is 5.10. The van der Waals surface area contributed by atoms with E-state index in [9.17, 15) is 18.0 Å². The molecule has 2 amide bonds. The zero-order chi connectivity index (χ0) is 20.1. The van der Waals surface area contributed by atoms with Gasteiger partial charge in [0.2, 0.25) is 11.8 Å². The topological polar surface area (TPSA) is 95.6 Å². The molecule has 0 spiro atoms. The zero-order valence-electron chi connectivity index (χ0n) is 15.6. The van der Waals surface area contributed by atoms with Crippen molar-refractivity contribution in [2.45, 2.75) is 31.1 Å². The summed E-state index contributed by atoms with van der Waals surface area (Å²) in [5, 5.41) is 2.75. The predicted octanol–water partition coefficient (Wildman–Crippen LogP) is 2.75. The first-order chi connectivity index (χ1) is 13.3. The molecule has 2 aromatic carbocycles. The minimum Gasteiger partial charge on any atom is -0.342 e. The highest BCUT2D eigenvalue weighted by Gasteiger charge is 2.20. The van der Waals surface area contributed by atoms with Crippen molar-refractivity contribution in [1.29, 1.82) is 0 Å². The molecule has 0 saturated carbocycles. The molecule has 1 aliphatic heterocycles. The number of benzene rings is 2. The number of hydrogen-bond donors (Lipinski definition) is 2. The number of carbonyl (C=O) groups is 2. The maximum Gasteiger partial charge on any atom is 0.261 e. The van der Waals surface area contributed by atoms with Crippen LogP contribution in [0.15, 0.2) is 53.4 Å². The van der Waals surface area contributed by atoms with Gasteiger partial charge in [-0.2, -0.15) is 0 Å². The van der Waals surface area contributed by atoms with Crippen molar-refractivity contribution in [3.05, 3.63) is 54.1 Å². The molecule has 1 aliphatic rings. The van der Waals surface area contributed by atoms with Gasteiger partial charge in [0, 0.05) is 37.3 Å². The Balaban J connectivity index is 1.55. The highest BCUT2D eigenvalue weighted by Crippen LogP contribution is 2.19. The lowest BCUT2D eigenvalue weighted by Gasteiger charge is -2.15. The van der Waals surface area contributed by atoms with Crippen LogP contribution in [-0.2, 0) is 19.6 Å². The summed E-state index contributed by atoms with van der Waals surface area (Å²) in [4.78, 5) is 25.5. The van der Waals surface area contributed by atoms with E-state index in [-0.39, 0.29) is 23.1 Å². The second-order valence-corrected chi connectivity index (χ2v) is 8.46. The monoisotopic (exact) mass is 401 g/mol. The minimum atomic E-state index is -3.66. The first kappa shape index (κ1) is 19.9. The lowest BCUT2D eigenvalue weighted by atomic mass is 10.2. The number of anilines is 2. The molecule has 3 rings (SSSR count). The predicted molar refractivity (Wildman–Crippen MR) is 107 cm³/mol. The van der Waals surface area contributed by atoms with Gasteiger partial charge in [-0.15, -0.1) is 0 Å². The van der Waals surface area contributed by atoms with Gasteiger partial charge in [-0.05, 0) is 49.7 Å². The molecule has 1 saturated heterocycles. The summed E-state index contributed by atoms with van der Waals surface area (Å²) in [6.07, 6.45) is 1.63. The molecule has 0 bridgehead atoms. The third-order valence-electron chi connectivity index (χ3n) is 4.53. The Morgan fingerprint density at radius 3 is 2.29 bits per heavy atom. The van der Waals surface area contributed by atoms with Gasteiger partial charge < -0.3 is 10.2 Å². The molecule has 148 valence electrons. The van der Waals surface area contributed by atoms with Crippen molar-refractivity contribution in [3.8, 4) is 0 Å². The number of amides is 2. The number of rotatable bonds is 7. The van der Waals surface area contributed by atoms with Crippen LogP contribution in [0, 0.1) is 6.92 Å². The number of sulfonamides is 1. The average molecular weight is 401 g/mol. The lowest BCUT2D eigenvalue weighted by Crippen LogP contribution is -2.28. The Hall–Kier alpha value is -2.87. The first-order valence-electron chi connectivity index (χ1n) is 9.11. The van der Waals surface area contributed by atoms with Crippen molar-refractivity contribution in [2.24, 2.45) is 0 Å². The van der Waals surface area contributed by atoms with E-state index in [0.717, 1.165) is 12.0 Å². The molecule has 2 aromatic rings. The molecule has 0 unspecified atom stereocenters. The second-order valence-electron chi connectivity index (χ2n) is 6.78. The van der Waals surface area contributed by atoms with Crippen LogP contribution >= 0.6 is 0 Å². The highest BCUT2D eigenvalue weighted by atomic mass is 32.2. The van der Waals surface area contributed by atoms with Gasteiger partial charge in [0.05, 0.1) is 4.90 Å². The molecule has 8 heteroatoms. The molecule has 1 heterocycles. The van der Waals surface area contributed by atoms with Crippen molar-refractivity contribution in [1.82, 2.24) is 4.90 Å². The van der Waals surface area contributed by atoms with Crippen molar-refractivity contribution in [3.63, 3.8) is 0 Å². The van der Waals surface area contributed by atoms with Crippen LogP contribution in [0.1, 0.15) is 24.8 Å². The molecular formula is C20H23N3O4S. The average Bonchev–Trinajstić information content (AvgIpc) is 3.07. The van der Waals surface area contributed by atoms with Crippen LogP contribution in [0.2, 0.25) is 0 Å². The molecule has 0 aromatic heterocycles. The normalized spacial score (nSPS) is 14.2. The van der Waals surface area contributed by atoms with Crippen LogP contribution in [0.25, 0.3) is 0 Å². The Morgan fingerprint density at radius 2 is 1.68 bits per heavy atom. The van der Waals surface area contributed by atoms with Crippen LogP contribution < -0.4 is 10.0 Å². The van der Waals surface area contributed by atoms with Crippen LogP contribution in [0.4, 0.5) is 11.4 Å². The maximum atomic E-state index is 12.4. The molecule has 7 nitrogen and oxygen atoms in total. The number of nitrogens with zero attached hydrogens (tertiary/aromatic N) is 1. The molecule has 28 heavy (non-hydrogen) atoms. The number of carbonyl (C=O) groups excluding carboxylic acids is 2. The summed E-state index contributed by atoms with van der Waals surface area (Å²) < 4.78 is 27.3. The second kappa shape index (κ2) is 8.43. The van der Waals surface area contributed by atoms with E-state index in [2.05, 4.69) is 10.0 Å². The van der Waals surface area contributed by atoms with Crippen molar-refractivity contribution in [2.75, 3.05) is 23.1 Å². The summed E-state index contributed by atoms with van der Waals surface area (Å²) in [6.45, 7) is 3.01. The quantitative estimate of drug-likeness (QED) is 0.746. The summed E-state index contributed by atoms with van der Waals surface area (Å²) in [5.74, 6) is -0.0919. The van der Waals surface area contributed by atoms with Gasteiger partial charge in [-0.1, -0.05) is 17.7 Å². The number of aryl methyl sites for hydroxylation is 1. The van der Waals surface area contributed by atoms with Gasteiger partial charge in [-0.25, -0.2) is 8.42 Å². The third-order valence-corrected chi connectivity index (χ3v) is 5.93. The van der Waals surface area contributed by atoms with E-state index in [1.165, 1.54) is 0 Å². The first-order valence-corrected chi connectivity index (χ1v) is 10.6. The SMILES string of the molecule is Cc1ccc(S(=O)(=O)Nc2ccc(NC(=O)CCN3CCCC3=O)cc2)cc1. The molecule has 1 fully saturated rings.